The van der Waals surface area contributed by atoms with Gasteiger partial charge in [-0.1, -0.05) is 31.0 Å². The molecular weight excluding hydrogens is 252 g/mol. The van der Waals surface area contributed by atoms with Crippen LogP contribution in [-0.2, 0) is 11.3 Å². The van der Waals surface area contributed by atoms with Gasteiger partial charge < -0.3 is 14.8 Å². The molecule has 0 unspecified atom stereocenters. The summed E-state index contributed by atoms with van der Waals surface area (Å²) in [5.74, 6) is 0.776. The number of para-hydroxylation sites is 1. The topological polar surface area (TPSA) is 54.3 Å². The zero-order valence-electron chi connectivity index (χ0n) is 11.8. The molecular formula is C16H22N2O2. The Balaban J connectivity index is 1.66. The van der Waals surface area contributed by atoms with Crippen molar-refractivity contribution in [3.63, 3.8) is 0 Å². The van der Waals surface area contributed by atoms with Crippen molar-refractivity contribution in [2.45, 2.75) is 38.3 Å². The predicted octanol–water partition coefficient (Wildman–Crippen LogP) is 2.64. The third kappa shape index (κ3) is 4.84. The lowest BCUT2D eigenvalue weighted by atomic mass is 10.2. The lowest BCUT2D eigenvalue weighted by molar-refractivity contribution is 0.0602. The predicted molar refractivity (Wildman–Crippen MR) is 77.5 cm³/mol. The van der Waals surface area contributed by atoms with Gasteiger partial charge in [0.05, 0.1) is 12.7 Å². The van der Waals surface area contributed by atoms with Gasteiger partial charge in [-0.25, -0.2) is 0 Å². The molecule has 1 N–H and O–H groups in total. The lowest BCUT2D eigenvalue weighted by Crippen LogP contribution is -2.22. The summed E-state index contributed by atoms with van der Waals surface area (Å²) >= 11 is 0. The molecule has 0 bridgehead atoms. The number of rotatable bonds is 8. The molecule has 4 nitrogen and oxygen atoms in total. The smallest absolute Gasteiger partial charge is 0.174 e. The van der Waals surface area contributed by atoms with Crippen molar-refractivity contribution in [3.8, 4) is 11.8 Å². The maximum absolute atomic E-state index is 8.56. The molecule has 1 saturated carbocycles. The van der Waals surface area contributed by atoms with Crippen molar-refractivity contribution in [2.75, 3.05) is 19.8 Å². The van der Waals surface area contributed by atoms with Crippen LogP contribution in [0.15, 0.2) is 24.3 Å². The highest BCUT2D eigenvalue weighted by atomic mass is 16.5. The Morgan fingerprint density at radius 2 is 2.05 bits per heavy atom. The van der Waals surface area contributed by atoms with E-state index in [1.54, 1.807) is 0 Å². The Bertz CT molecular complexity index is 436. The number of nitrogens with zero attached hydrogens (tertiary/aromatic N) is 1. The molecule has 1 aromatic carbocycles. The molecule has 108 valence electrons. The molecule has 1 fully saturated rings. The van der Waals surface area contributed by atoms with E-state index in [9.17, 15) is 0 Å². The highest BCUT2D eigenvalue weighted by molar-refractivity contribution is 5.33. The molecule has 0 heterocycles. The molecule has 4 heteroatoms. The Labute approximate surface area is 120 Å². The fourth-order valence-corrected chi connectivity index (χ4v) is 2.48. The fourth-order valence-electron chi connectivity index (χ4n) is 2.48. The van der Waals surface area contributed by atoms with Crippen LogP contribution in [0.1, 0.15) is 31.2 Å². The van der Waals surface area contributed by atoms with E-state index in [-0.39, 0.29) is 6.61 Å². The van der Waals surface area contributed by atoms with Crippen LogP contribution >= 0.6 is 0 Å². The third-order valence-electron chi connectivity index (χ3n) is 3.51. The highest BCUT2D eigenvalue weighted by Gasteiger charge is 2.14. The molecule has 0 radical (unpaired) electrons. The van der Waals surface area contributed by atoms with Gasteiger partial charge in [0.2, 0.25) is 0 Å². The second-order valence-corrected chi connectivity index (χ2v) is 5.01. The molecule has 0 amide bonds. The molecule has 20 heavy (non-hydrogen) atoms. The van der Waals surface area contributed by atoms with Crippen molar-refractivity contribution in [3.05, 3.63) is 29.8 Å². The van der Waals surface area contributed by atoms with Crippen LogP contribution < -0.4 is 10.1 Å². The van der Waals surface area contributed by atoms with E-state index in [4.69, 9.17) is 14.7 Å². The van der Waals surface area contributed by atoms with Crippen LogP contribution in [0.2, 0.25) is 0 Å². The summed E-state index contributed by atoms with van der Waals surface area (Å²) in [6.07, 6.45) is 5.52. The monoisotopic (exact) mass is 274 g/mol. The summed E-state index contributed by atoms with van der Waals surface area (Å²) in [6.45, 7) is 2.41. The first-order chi connectivity index (χ1) is 9.90. The van der Waals surface area contributed by atoms with Gasteiger partial charge in [-0.15, -0.1) is 0 Å². The molecule has 0 spiro atoms. The Morgan fingerprint density at radius 1 is 1.25 bits per heavy atom. The van der Waals surface area contributed by atoms with Gasteiger partial charge >= 0.3 is 0 Å². The average Bonchev–Trinajstić information content (AvgIpc) is 2.99. The first-order valence-electron chi connectivity index (χ1n) is 7.30. The minimum absolute atomic E-state index is 0.0851. The van der Waals surface area contributed by atoms with Crippen molar-refractivity contribution < 1.29 is 9.47 Å². The van der Waals surface area contributed by atoms with E-state index >= 15 is 0 Å². The van der Waals surface area contributed by atoms with Gasteiger partial charge in [-0.3, -0.25) is 0 Å². The second-order valence-electron chi connectivity index (χ2n) is 5.01. The van der Waals surface area contributed by atoms with Gasteiger partial charge in [0.15, 0.2) is 6.61 Å². The van der Waals surface area contributed by atoms with E-state index < -0.39 is 0 Å². The number of hydrogen-bond acceptors (Lipinski definition) is 4. The summed E-state index contributed by atoms with van der Waals surface area (Å²) in [4.78, 5) is 0. The number of nitrogens with one attached hydrogen (secondary N) is 1. The van der Waals surface area contributed by atoms with E-state index in [1.165, 1.54) is 25.7 Å². The van der Waals surface area contributed by atoms with E-state index in [1.807, 2.05) is 30.3 Å². The van der Waals surface area contributed by atoms with E-state index in [2.05, 4.69) is 5.32 Å². The van der Waals surface area contributed by atoms with E-state index in [0.29, 0.717) is 6.10 Å². The van der Waals surface area contributed by atoms with Gasteiger partial charge in [-0.2, -0.15) is 5.26 Å². The largest absolute Gasteiger partial charge is 0.478 e. The second kappa shape index (κ2) is 8.57. The molecule has 1 aromatic rings. The Kier molecular flexibility index (Phi) is 6.36. The first kappa shape index (κ1) is 14.8. The van der Waals surface area contributed by atoms with Crippen LogP contribution in [0.5, 0.6) is 5.75 Å². The minimum atomic E-state index is 0.0851. The molecule has 0 saturated heterocycles. The normalized spacial score (nSPS) is 15.2. The van der Waals surface area contributed by atoms with Gasteiger partial charge in [-0.05, 0) is 18.9 Å². The Hall–Kier alpha value is -1.57. The SMILES string of the molecule is N#CCOc1ccccc1CNCCOC1CCCC1. The lowest BCUT2D eigenvalue weighted by Gasteiger charge is -2.13. The van der Waals surface area contributed by atoms with Crippen LogP contribution in [0.3, 0.4) is 0 Å². The number of nitriles is 1. The van der Waals surface area contributed by atoms with E-state index in [0.717, 1.165) is 31.0 Å². The third-order valence-corrected chi connectivity index (χ3v) is 3.51. The van der Waals surface area contributed by atoms with Crippen molar-refractivity contribution in [1.29, 1.82) is 5.26 Å². The molecule has 0 aliphatic heterocycles. The standard InChI is InChI=1S/C16H22N2O2/c17-9-11-20-16-8-4-1-5-14(16)13-18-10-12-19-15-6-2-3-7-15/h1,4-5,8,15,18H,2-3,6-7,10-13H2. The molecule has 0 atom stereocenters. The maximum Gasteiger partial charge on any atom is 0.174 e. The summed E-state index contributed by atoms with van der Waals surface area (Å²) in [5, 5.41) is 11.9. The molecule has 2 rings (SSSR count). The Morgan fingerprint density at radius 3 is 2.85 bits per heavy atom. The average molecular weight is 274 g/mol. The van der Waals surface area contributed by atoms with Crippen molar-refractivity contribution in [1.82, 2.24) is 5.32 Å². The van der Waals surface area contributed by atoms with Crippen LogP contribution in [0.25, 0.3) is 0 Å². The molecule has 0 aromatic heterocycles. The fraction of sp³-hybridized carbons (Fsp3) is 0.562. The molecule has 1 aliphatic carbocycles. The number of hydrogen-bond donors (Lipinski definition) is 1. The minimum Gasteiger partial charge on any atom is -0.478 e. The summed E-state index contributed by atoms with van der Waals surface area (Å²) in [7, 11) is 0. The van der Waals surface area contributed by atoms with Crippen molar-refractivity contribution >= 4 is 0 Å². The van der Waals surface area contributed by atoms with Crippen LogP contribution in [0, 0.1) is 11.3 Å². The summed E-state index contributed by atoms with van der Waals surface area (Å²) < 4.78 is 11.2. The number of benzene rings is 1. The maximum atomic E-state index is 8.56. The zero-order chi connectivity index (χ0) is 14.0. The highest BCUT2D eigenvalue weighted by Crippen LogP contribution is 2.20. The molecule has 1 aliphatic rings. The van der Waals surface area contributed by atoms with Gasteiger partial charge in [0.25, 0.3) is 0 Å². The number of ether oxygens (including phenoxy) is 2. The van der Waals surface area contributed by atoms with Gasteiger partial charge in [0.1, 0.15) is 11.8 Å². The summed E-state index contributed by atoms with van der Waals surface area (Å²) in [6, 6.07) is 9.79. The van der Waals surface area contributed by atoms with Crippen molar-refractivity contribution in [2.24, 2.45) is 0 Å². The van der Waals surface area contributed by atoms with Crippen LogP contribution in [0.4, 0.5) is 0 Å². The first-order valence-corrected chi connectivity index (χ1v) is 7.30. The van der Waals surface area contributed by atoms with Gasteiger partial charge in [0, 0.05) is 18.7 Å². The quantitative estimate of drug-likeness (QED) is 0.740. The zero-order valence-corrected chi connectivity index (χ0v) is 11.8. The van der Waals surface area contributed by atoms with Crippen LogP contribution in [-0.4, -0.2) is 25.9 Å². The summed E-state index contributed by atoms with van der Waals surface area (Å²) in [5.41, 5.74) is 1.07.